The minimum Gasteiger partial charge on any atom is -0.508 e. The van der Waals surface area contributed by atoms with Gasteiger partial charge in [-0.2, -0.15) is 0 Å². The van der Waals surface area contributed by atoms with E-state index < -0.39 is 108 Å². The van der Waals surface area contributed by atoms with Gasteiger partial charge in [-0.05, 0) is 109 Å². The van der Waals surface area contributed by atoms with E-state index in [-0.39, 0.29) is 127 Å². The zero-order valence-corrected chi connectivity index (χ0v) is 44.8. The van der Waals surface area contributed by atoms with Crippen molar-refractivity contribution in [3.63, 3.8) is 0 Å². The van der Waals surface area contributed by atoms with Crippen LogP contribution in [0.2, 0.25) is 0 Å². The fourth-order valence-electron chi connectivity index (χ4n) is 7.88. The lowest BCUT2D eigenvalue weighted by Gasteiger charge is -2.29. The van der Waals surface area contributed by atoms with Crippen molar-refractivity contribution in [3.8, 4) is 5.75 Å². The number of rotatable bonds is 34. The van der Waals surface area contributed by atoms with Crippen molar-refractivity contribution >= 4 is 77.1 Å². The Bertz CT molecular complexity index is 2350. The van der Waals surface area contributed by atoms with Crippen LogP contribution in [0, 0.1) is 0 Å². The summed E-state index contributed by atoms with van der Waals surface area (Å²) in [5.41, 5.74) is 50.2. The smallest absolute Gasteiger partial charge is 0.326 e. The highest BCUT2D eigenvalue weighted by molar-refractivity contribution is 5.98. The molecule has 1 heterocycles. The average molecular weight is 1120 g/mol. The standard InChI is InChI=1S/C47H81N21O11/c1-24(62-38(73)30(9-4-18-57-44(49)50)64-36(71)25(2)61-37(72)29(48)23-27-14-16-28(69)17-15-27)35(70)63-26(3)42(77)68-22-8-13-34(68)41(76)66-32(11-6-20-59-46(53)54)39(74)65-31(10-5-19-58-45(51)52)40(75)67-33(43(78)79)12-7-21-60-47(55)56/h14-17,24-26,29-34,69H,4-13,18-23,48H2,1-3H3,(H,61,72)(H,62,73)(H,63,70)(H,64,71)(H,65,74)(H,66,76)(H,67,75)(H,78,79)(H4,49,50,57)(H4,51,52,58)(H4,53,54,59)(H4,55,56,60)/t24-,25-,26-,29-,30-,31-,32-,33-,34-/m0/s1. The van der Waals surface area contributed by atoms with Crippen LogP contribution < -0.4 is 88.8 Å². The van der Waals surface area contributed by atoms with E-state index in [0.29, 0.717) is 12.0 Å². The molecule has 0 unspecified atom stereocenters. The summed E-state index contributed by atoms with van der Waals surface area (Å²) in [5, 5.41) is 37.3. The summed E-state index contributed by atoms with van der Waals surface area (Å²) in [6, 6.07) is -5.17. The van der Waals surface area contributed by atoms with Gasteiger partial charge in [0, 0.05) is 32.7 Å². The summed E-state index contributed by atoms with van der Waals surface area (Å²) in [7, 11) is 0. The molecule has 32 nitrogen and oxygen atoms in total. The number of guanidine groups is 4. The van der Waals surface area contributed by atoms with Gasteiger partial charge in [0.15, 0.2) is 23.8 Å². The number of amides is 8. The molecule has 8 amide bonds. The Morgan fingerprint density at radius 2 is 0.899 bits per heavy atom. The highest BCUT2D eigenvalue weighted by Crippen LogP contribution is 2.20. The Balaban J connectivity index is 2.21. The van der Waals surface area contributed by atoms with Gasteiger partial charge >= 0.3 is 5.97 Å². The summed E-state index contributed by atoms with van der Waals surface area (Å²) < 4.78 is 0. The van der Waals surface area contributed by atoms with Crippen molar-refractivity contribution in [2.75, 3.05) is 32.7 Å². The van der Waals surface area contributed by atoms with Crippen LogP contribution in [0.1, 0.15) is 90.5 Å². The minimum absolute atomic E-state index is 0.0106. The van der Waals surface area contributed by atoms with Crippen molar-refractivity contribution in [3.05, 3.63) is 29.8 Å². The number of hydrogen-bond donors (Lipinski definition) is 18. The van der Waals surface area contributed by atoms with Crippen LogP contribution in [-0.2, 0) is 49.6 Å². The van der Waals surface area contributed by atoms with Crippen molar-refractivity contribution in [2.45, 2.75) is 146 Å². The Morgan fingerprint density at radius 3 is 1.34 bits per heavy atom. The van der Waals surface area contributed by atoms with E-state index in [0.717, 1.165) is 0 Å². The predicted octanol–water partition coefficient (Wildman–Crippen LogP) is -6.99. The number of carboxylic acid groups (broad SMARTS) is 1. The van der Waals surface area contributed by atoms with E-state index in [1.807, 2.05) is 0 Å². The first-order valence-corrected chi connectivity index (χ1v) is 25.6. The molecule has 0 saturated carbocycles. The van der Waals surface area contributed by atoms with Crippen LogP contribution in [-0.4, -0.2) is 179 Å². The van der Waals surface area contributed by atoms with E-state index >= 15 is 0 Å². The number of nitrogens with zero attached hydrogens (tertiary/aromatic N) is 5. The molecule has 0 aromatic heterocycles. The van der Waals surface area contributed by atoms with Crippen molar-refractivity contribution < 1.29 is 53.4 Å². The first-order valence-electron chi connectivity index (χ1n) is 25.6. The third kappa shape index (κ3) is 25.3. The SMILES string of the molecule is C[C@H](NC(=O)[C@H](CCCN=C(N)N)NC(=O)[C@H](C)NC(=O)[C@@H](N)Cc1ccc(O)cc1)C(=O)N[C@@H](C)C(=O)N1CCC[C@H]1C(=O)N[C@@H](CCCN=C(N)N)C(=O)N[C@@H](CCCN=C(N)N)C(=O)N[C@@H](CCCN=C(N)N)C(=O)O. The fourth-order valence-corrected chi connectivity index (χ4v) is 7.88. The highest BCUT2D eigenvalue weighted by atomic mass is 16.4. The van der Waals surface area contributed by atoms with Gasteiger partial charge in [-0.25, -0.2) is 4.79 Å². The molecule has 9 atom stereocenters. The Morgan fingerprint density at radius 1 is 0.532 bits per heavy atom. The molecule has 0 spiro atoms. The molecular weight excluding hydrogens is 1030 g/mol. The Hall–Kier alpha value is -8.71. The molecule has 0 radical (unpaired) electrons. The second kappa shape index (κ2) is 34.1. The topological polar surface area (TPSA) is 565 Å². The summed E-state index contributed by atoms with van der Waals surface area (Å²) in [5.74, 6) is -8.32. The molecule has 2 rings (SSSR count). The second-order valence-electron chi connectivity index (χ2n) is 18.7. The normalized spacial score (nSPS) is 15.7. The van der Waals surface area contributed by atoms with E-state index in [1.54, 1.807) is 12.1 Å². The lowest BCUT2D eigenvalue weighted by Crippen LogP contribution is -2.59. The number of carbonyl (C=O) groups is 9. The monoisotopic (exact) mass is 1120 g/mol. The lowest BCUT2D eigenvalue weighted by atomic mass is 10.1. The number of nitrogens with two attached hydrogens (primary N) is 9. The number of benzene rings is 1. The summed E-state index contributed by atoms with van der Waals surface area (Å²) >= 11 is 0. The Kier molecular flexibility index (Phi) is 28.7. The van der Waals surface area contributed by atoms with Gasteiger partial charge in [0.05, 0.1) is 6.04 Å². The second-order valence-corrected chi connectivity index (χ2v) is 18.7. The largest absolute Gasteiger partial charge is 0.508 e. The first-order chi connectivity index (χ1) is 37.2. The van der Waals surface area contributed by atoms with E-state index in [9.17, 15) is 53.4 Å². The molecule has 1 aliphatic rings. The summed E-state index contributed by atoms with van der Waals surface area (Å²) in [4.78, 5) is 138. The number of aromatic hydroxyl groups is 1. The summed E-state index contributed by atoms with van der Waals surface area (Å²) in [6.07, 6.45) is 1.10. The van der Waals surface area contributed by atoms with Gasteiger partial charge in [-0.1, -0.05) is 12.1 Å². The zero-order chi connectivity index (χ0) is 59.4. The van der Waals surface area contributed by atoms with Crippen molar-refractivity contribution in [1.29, 1.82) is 0 Å². The Labute approximate surface area is 457 Å². The maximum atomic E-state index is 14.1. The quantitative estimate of drug-likeness (QED) is 0.0173. The van der Waals surface area contributed by atoms with Gasteiger partial charge in [0.2, 0.25) is 47.3 Å². The number of carboxylic acids is 1. The molecular formula is C47H81N21O11. The van der Waals surface area contributed by atoms with Crippen LogP contribution in [0.4, 0.5) is 0 Å². The number of carbonyl (C=O) groups excluding carboxylic acids is 8. The highest BCUT2D eigenvalue weighted by Gasteiger charge is 2.39. The van der Waals surface area contributed by atoms with Crippen LogP contribution in [0.5, 0.6) is 5.75 Å². The molecule has 1 fully saturated rings. The zero-order valence-electron chi connectivity index (χ0n) is 44.8. The molecule has 27 N–H and O–H groups in total. The fraction of sp³-hybridized carbons (Fsp3) is 0.596. The average Bonchev–Trinajstić information content (AvgIpc) is 3.87. The summed E-state index contributed by atoms with van der Waals surface area (Å²) in [6.45, 7) is 4.45. The number of phenolic OH excluding ortho intramolecular Hbond substituents is 1. The van der Waals surface area contributed by atoms with Gasteiger partial charge in [0.25, 0.3) is 0 Å². The van der Waals surface area contributed by atoms with Gasteiger partial charge in [-0.3, -0.25) is 58.3 Å². The van der Waals surface area contributed by atoms with Crippen LogP contribution in [0.15, 0.2) is 44.2 Å². The minimum atomic E-state index is -1.40. The molecule has 79 heavy (non-hydrogen) atoms. The number of hydrogen-bond acceptors (Lipinski definition) is 15. The maximum absolute atomic E-state index is 14.1. The van der Waals surface area contributed by atoms with Gasteiger partial charge in [-0.15, -0.1) is 0 Å². The van der Waals surface area contributed by atoms with Gasteiger partial charge < -0.3 is 104 Å². The lowest BCUT2D eigenvalue weighted by molar-refractivity contribution is -0.143. The number of phenols is 1. The van der Waals surface area contributed by atoms with Gasteiger partial charge in [0.1, 0.15) is 54.1 Å². The molecule has 32 heteroatoms. The molecule has 1 saturated heterocycles. The molecule has 0 aliphatic carbocycles. The van der Waals surface area contributed by atoms with Crippen molar-refractivity contribution in [1.82, 2.24) is 42.1 Å². The number of aliphatic imine (C=N–C) groups is 4. The van der Waals surface area contributed by atoms with E-state index in [2.05, 4.69) is 57.2 Å². The first kappa shape index (κ1) is 66.4. The molecule has 0 bridgehead atoms. The molecule has 440 valence electrons. The van der Waals surface area contributed by atoms with Crippen LogP contribution in [0.3, 0.4) is 0 Å². The third-order valence-corrected chi connectivity index (χ3v) is 12.1. The number of nitrogens with one attached hydrogen (secondary N) is 7. The predicted molar refractivity (Wildman–Crippen MR) is 292 cm³/mol. The van der Waals surface area contributed by atoms with Crippen LogP contribution >= 0.6 is 0 Å². The molecule has 1 aromatic rings. The van der Waals surface area contributed by atoms with Crippen molar-refractivity contribution in [2.24, 2.45) is 71.6 Å². The number of aliphatic carboxylic acids is 1. The van der Waals surface area contributed by atoms with Crippen LogP contribution in [0.25, 0.3) is 0 Å². The van der Waals surface area contributed by atoms with E-state index in [4.69, 9.17) is 51.6 Å². The van der Waals surface area contributed by atoms with E-state index in [1.165, 1.54) is 37.8 Å². The molecule has 1 aromatic carbocycles. The maximum Gasteiger partial charge on any atom is 0.326 e. The third-order valence-electron chi connectivity index (χ3n) is 12.1. The number of likely N-dealkylation sites (tertiary alicyclic amines) is 1. The molecule has 1 aliphatic heterocycles.